The molecule has 1 aromatic heterocycles. The summed E-state index contributed by atoms with van der Waals surface area (Å²) in [7, 11) is 0. The first-order valence-corrected chi connectivity index (χ1v) is 6.35. The quantitative estimate of drug-likeness (QED) is 0.816. The Kier molecular flexibility index (Phi) is 3.11. The van der Waals surface area contributed by atoms with Crippen LogP contribution in [0.1, 0.15) is 44.0 Å². The van der Waals surface area contributed by atoms with Crippen LogP contribution in [0.15, 0.2) is 12.1 Å². The van der Waals surface area contributed by atoms with Crippen LogP contribution in [0, 0.1) is 19.8 Å². The monoisotopic (exact) mass is 221 g/mol. The number of aliphatic hydroxyl groups excluding tert-OH is 1. The van der Waals surface area contributed by atoms with Crippen LogP contribution in [-0.2, 0) is 5.54 Å². The lowest BCUT2D eigenvalue weighted by Crippen LogP contribution is -2.42. The Hall–Kier alpha value is -0.760. The molecule has 1 fully saturated rings. The molecule has 2 nitrogen and oxygen atoms in total. The first-order chi connectivity index (χ1) is 7.59. The molecule has 0 bridgehead atoms. The zero-order chi connectivity index (χ0) is 11.8. The summed E-state index contributed by atoms with van der Waals surface area (Å²) in [5.74, 6) is 0.724. The Bertz CT molecular complexity index is 349. The van der Waals surface area contributed by atoms with Crippen molar-refractivity contribution in [3.05, 3.63) is 23.5 Å². The molecule has 16 heavy (non-hydrogen) atoms. The first kappa shape index (κ1) is 11.7. The molecule has 0 saturated heterocycles. The summed E-state index contributed by atoms with van der Waals surface area (Å²) >= 11 is 0. The van der Waals surface area contributed by atoms with Crippen LogP contribution in [0.2, 0.25) is 0 Å². The van der Waals surface area contributed by atoms with Gasteiger partial charge in [-0.2, -0.15) is 0 Å². The largest absolute Gasteiger partial charge is 0.394 e. The molecule has 2 atom stereocenters. The average molecular weight is 221 g/mol. The summed E-state index contributed by atoms with van der Waals surface area (Å²) in [4.78, 5) is 0. The molecule has 2 rings (SSSR count). The van der Waals surface area contributed by atoms with Gasteiger partial charge in [-0.25, -0.2) is 0 Å². The minimum atomic E-state index is -0.0324. The fourth-order valence-electron chi connectivity index (χ4n) is 3.47. The maximum Gasteiger partial charge on any atom is 0.0677 e. The summed E-state index contributed by atoms with van der Waals surface area (Å²) in [6, 6.07) is 4.32. The normalized spacial score (nSPS) is 30.6. The van der Waals surface area contributed by atoms with E-state index in [1.165, 1.54) is 24.2 Å². The maximum atomic E-state index is 9.86. The van der Waals surface area contributed by atoms with Crippen molar-refractivity contribution in [2.24, 2.45) is 5.92 Å². The molecule has 0 radical (unpaired) electrons. The SMILES string of the molecule is Cc1ccc(C)n1C1(CO)CCCC(C)C1. The van der Waals surface area contributed by atoms with Crippen LogP contribution in [0.5, 0.6) is 0 Å². The van der Waals surface area contributed by atoms with Gasteiger partial charge < -0.3 is 9.67 Å². The molecular weight excluding hydrogens is 198 g/mol. The van der Waals surface area contributed by atoms with Crippen molar-refractivity contribution in [2.75, 3.05) is 6.61 Å². The third-order valence-electron chi connectivity index (χ3n) is 4.11. The summed E-state index contributed by atoms with van der Waals surface area (Å²) < 4.78 is 2.36. The summed E-state index contributed by atoms with van der Waals surface area (Å²) in [6.45, 7) is 6.86. The van der Waals surface area contributed by atoms with Crippen molar-refractivity contribution in [2.45, 2.75) is 52.0 Å². The van der Waals surface area contributed by atoms with Gasteiger partial charge >= 0.3 is 0 Å². The lowest BCUT2D eigenvalue weighted by Gasteiger charge is -2.42. The van der Waals surface area contributed by atoms with E-state index in [0.717, 1.165) is 18.8 Å². The van der Waals surface area contributed by atoms with Crippen LogP contribution in [0.25, 0.3) is 0 Å². The first-order valence-electron chi connectivity index (χ1n) is 6.35. The highest BCUT2D eigenvalue weighted by Gasteiger charge is 2.37. The molecule has 2 unspecified atom stereocenters. The van der Waals surface area contributed by atoms with E-state index in [0.29, 0.717) is 0 Å². The zero-order valence-electron chi connectivity index (χ0n) is 10.7. The number of hydrogen-bond donors (Lipinski definition) is 1. The van der Waals surface area contributed by atoms with E-state index in [-0.39, 0.29) is 12.1 Å². The van der Waals surface area contributed by atoms with Gasteiger partial charge in [0.05, 0.1) is 12.1 Å². The van der Waals surface area contributed by atoms with Gasteiger partial charge in [0.25, 0.3) is 0 Å². The molecule has 1 heterocycles. The Balaban J connectivity index is 2.41. The second-order valence-corrected chi connectivity index (χ2v) is 5.54. The van der Waals surface area contributed by atoms with Gasteiger partial charge in [0.2, 0.25) is 0 Å². The highest BCUT2D eigenvalue weighted by atomic mass is 16.3. The van der Waals surface area contributed by atoms with E-state index in [1.54, 1.807) is 0 Å². The fraction of sp³-hybridized carbons (Fsp3) is 0.714. The number of nitrogens with zero attached hydrogens (tertiary/aromatic N) is 1. The predicted octanol–water partition coefficient (Wildman–Crippen LogP) is 3.00. The number of hydrogen-bond acceptors (Lipinski definition) is 1. The van der Waals surface area contributed by atoms with Crippen LogP contribution in [0.4, 0.5) is 0 Å². The lowest BCUT2D eigenvalue weighted by atomic mass is 9.76. The molecule has 0 amide bonds. The molecule has 1 aromatic rings. The van der Waals surface area contributed by atoms with Gasteiger partial charge in [-0.1, -0.05) is 19.8 Å². The highest BCUT2D eigenvalue weighted by molar-refractivity contribution is 5.18. The third-order valence-corrected chi connectivity index (χ3v) is 4.11. The van der Waals surface area contributed by atoms with Gasteiger partial charge in [-0.3, -0.25) is 0 Å². The Morgan fingerprint density at radius 2 is 2.00 bits per heavy atom. The molecule has 1 N–H and O–H groups in total. The molecule has 0 aliphatic heterocycles. The van der Waals surface area contributed by atoms with Crippen LogP contribution in [0.3, 0.4) is 0 Å². The van der Waals surface area contributed by atoms with Crippen molar-refractivity contribution in [3.8, 4) is 0 Å². The van der Waals surface area contributed by atoms with E-state index in [1.807, 2.05) is 0 Å². The van der Waals surface area contributed by atoms with E-state index in [2.05, 4.69) is 37.5 Å². The minimum Gasteiger partial charge on any atom is -0.394 e. The molecule has 90 valence electrons. The van der Waals surface area contributed by atoms with Gasteiger partial charge in [0, 0.05) is 11.4 Å². The topological polar surface area (TPSA) is 25.2 Å². The summed E-state index contributed by atoms with van der Waals surface area (Å²) in [6.07, 6.45) is 4.77. The van der Waals surface area contributed by atoms with Gasteiger partial charge in [0.15, 0.2) is 0 Å². The van der Waals surface area contributed by atoms with Gasteiger partial charge in [-0.15, -0.1) is 0 Å². The number of rotatable bonds is 2. The molecule has 1 aliphatic rings. The van der Waals surface area contributed by atoms with Crippen molar-refractivity contribution in [3.63, 3.8) is 0 Å². The van der Waals surface area contributed by atoms with E-state index < -0.39 is 0 Å². The number of aromatic nitrogens is 1. The molecule has 1 saturated carbocycles. The second-order valence-electron chi connectivity index (χ2n) is 5.54. The molecular formula is C14H23NO. The van der Waals surface area contributed by atoms with E-state index >= 15 is 0 Å². The standard InChI is InChI=1S/C14H23NO/c1-11-5-4-8-14(9-11,10-16)15-12(2)6-7-13(15)3/h6-7,11,16H,4-5,8-10H2,1-3H3. The Morgan fingerprint density at radius 3 is 2.50 bits per heavy atom. The third kappa shape index (κ3) is 1.80. The fourth-order valence-corrected chi connectivity index (χ4v) is 3.47. The van der Waals surface area contributed by atoms with Crippen LogP contribution in [-0.4, -0.2) is 16.3 Å². The highest BCUT2D eigenvalue weighted by Crippen LogP contribution is 2.39. The number of aryl methyl sites for hydroxylation is 2. The Morgan fingerprint density at radius 1 is 1.38 bits per heavy atom. The summed E-state index contributed by atoms with van der Waals surface area (Å²) in [5.41, 5.74) is 2.52. The minimum absolute atomic E-state index is 0.0324. The zero-order valence-corrected chi connectivity index (χ0v) is 10.7. The molecule has 0 aromatic carbocycles. The molecule has 2 heteroatoms. The van der Waals surface area contributed by atoms with E-state index in [4.69, 9.17) is 0 Å². The summed E-state index contributed by atoms with van der Waals surface area (Å²) in [5, 5.41) is 9.86. The van der Waals surface area contributed by atoms with Gasteiger partial charge in [-0.05, 0) is 44.7 Å². The van der Waals surface area contributed by atoms with Crippen LogP contribution >= 0.6 is 0 Å². The van der Waals surface area contributed by atoms with Crippen molar-refractivity contribution < 1.29 is 5.11 Å². The molecule has 1 aliphatic carbocycles. The molecule has 0 spiro atoms. The van der Waals surface area contributed by atoms with Crippen molar-refractivity contribution >= 4 is 0 Å². The second kappa shape index (κ2) is 4.25. The lowest BCUT2D eigenvalue weighted by molar-refractivity contribution is 0.0668. The van der Waals surface area contributed by atoms with Gasteiger partial charge in [0.1, 0.15) is 0 Å². The predicted molar refractivity (Wildman–Crippen MR) is 66.6 cm³/mol. The number of aliphatic hydroxyl groups is 1. The van der Waals surface area contributed by atoms with Crippen molar-refractivity contribution in [1.29, 1.82) is 0 Å². The van der Waals surface area contributed by atoms with Crippen molar-refractivity contribution in [1.82, 2.24) is 4.57 Å². The maximum absolute atomic E-state index is 9.86. The Labute approximate surface area is 98.3 Å². The van der Waals surface area contributed by atoms with E-state index in [9.17, 15) is 5.11 Å². The smallest absolute Gasteiger partial charge is 0.0677 e. The average Bonchev–Trinajstić information content (AvgIpc) is 2.59. The van der Waals surface area contributed by atoms with Crippen LogP contribution < -0.4 is 0 Å².